The third-order valence-corrected chi connectivity index (χ3v) is 6.61. The Labute approximate surface area is 210 Å². The fourth-order valence-corrected chi connectivity index (χ4v) is 4.67. The lowest BCUT2D eigenvalue weighted by atomic mass is 9.95. The van der Waals surface area contributed by atoms with Crippen molar-refractivity contribution in [3.05, 3.63) is 59.2 Å². The van der Waals surface area contributed by atoms with Crippen LogP contribution in [-0.2, 0) is 14.3 Å². The number of benzene rings is 2. The lowest BCUT2D eigenvalue weighted by Gasteiger charge is -2.29. The number of hydrogen-bond acceptors (Lipinski definition) is 8. The summed E-state index contributed by atoms with van der Waals surface area (Å²) in [6, 6.07) is 11.3. The Morgan fingerprint density at radius 3 is 2.28 bits per heavy atom. The fourth-order valence-electron chi connectivity index (χ4n) is 4.67. The van der Waals surface area contributed by atoms with E-state index in [2.05, 4.69) is 4.90 Å². The van der Waals surface area contributed by atoms with Crippen molar-refractivity contribution in [1.29, 1.82) is 0 Å². The molecule has 2 aromatic rings. The van der Waals surface area contributed by atoms with E-state index in [1.165, 1.54) is 14.2 Å². The number of carbonyl (C=O) groups excluding carboxylic acids is 2. The molecular weight excluding hydrogens is 464 g/mol. The van der Waals surface area contributed by atoms with Crippen molar-refractivity contribution in [2.24, 2.45) is 0 Å². The Morgan fingerprint density at radius 1 is 0.944 bits per heavy atom. The molecule has 2 aliphatic rings. The number of nitrogens with zero attached hydrogens (tertiary/aromatic N) is 2. The summed E-state index contributed by atoms with van der Waals surface area (Å²) in [5.41, 5.74) is 1.12. The van der Waals surface area contributed by atoms with E-state index in [-0.39, 0.29) is 11.3 Å². The van der Waals surface area contributed by atoms with E-state index < -0.39 is 17.7 Å². The SMILES string of the molecule is COc1ccc([C@H]2/C(=C(\O)c3ccc(OC)c(OC)c3)C(=O)C(=O)N2CCCN2CCOCC2)cc1. The summed E-state index contributed by atoms with van der Waals surface area (Å²) in [7, 11) is 4.58. The second-order valence-corrected chi connectivity index (χ2v) is 8.64. The van der Waals surface area contributed by atoms with Crippen molar-refractivity contribution in [1.82, 2.24) is 9.80 Å². The first-order valence-corrected chi connectivity index (χ1v) is 11.9. The van der Waals surface area contributed by atoms with Crippen LogP contribution in [0, 0.1) is 0 Å². The highest BCUT2D eigenvalue weighted by atomic mass is 16.5. The molecule has 0 aliphatic carbocycles. The van der Waals surface area contributed by atoms with Crippen molar-refractivity contribution in [2.75, 3.05) is 60.7 Å². The van der Waals surface area contributed by atoms with Crippen LogP contribution in [0.3, 0.4) is 0 Å². The van der Waals surface area contributed by atoms with Gasteiger partial charge in [-0.05, 0) is 42.3 Å². The van der Waals surface area contributed by atoms with Crippen LogP contribution in [0.15, 0.2) is 48.0 Å². The number of likely N-dealkylation sites (tertiary alicyclic amines) is 1. The Morgan fingerprint density at radius 2 is 1.64 bits per heavy atom. The largest absolute Gasteiger partial charge is 0.507 e. The maximum atomic E-state index is 13.3. The maximum Gasteiger partial charge on any atom is 0.295 e. The van der Waals surface area contributed by atoms with Gasteiger partial charge >= 0.3 is 0 Å². The van der Waals surface area contributed by atoms with Gasteiger partial charge in [0.1, 0.15) is 11.5 Å². The predicted octanol–water partition coefficient (Wildman–Crippen LogP) is 2.86. The van der Waals surface area contributed by atoms with Crippen LogP contribution < -0.4 is 14.2 Å². The van der Waals surface area contributed by atoms with Gasteiger partial charge in [-0.15, -0.1) is 0 Å². The average Bonchev–Trinajstić information content (AvgIpc) is 3.18. The molecule has 192 valence electrons. The number of hydrogen-bond donors (Lipinski definition) is 1. The lowest BCUT2D eigenvalue weighted by Crippen LogP contribution is -2.38. The molecule has 2 aliphatic heterocycles. The zero-order valence-corrected chi connectivity index (χ0v) is 20.9. The highest BCUT2D eigenvalue weighted by Gasteiger charge is 2.45. The van der Waals surface area contributed by atoms with E-state index in [0.29, 0.717) is 54.6 Å². The van der Waals surface area contributed by atoms with Gasteiger partial charge in [-0.25, -0.2) is 0 Å². The quantitative estimate of drug-likeness (QED) is 0.322. The van der Waals surface area contributed by atoms with E-state index in [9.17, 15) is 14.7 Å². The zero-order valence-electron chi connectivity index (χ0n) is 20.9. The number of Topliss-reactive ketones (excluding diaryl/α,β-unsaturated/α-hetero) is 1. The lowest BCUT2D eigenvalue weighted by molar-refractivity contribution is -0.140. The molecule has 0 bridgehead atoms. The van der Waals surface area contributed by atoms with Gasteiger partial charge in [0.25, 0.3) is 11.7 Å². The molecular formula is C27H32N2O7. The van der Waals surface area contributed by atoms with Crippen LogP contribution in [0.4, 0.5) is 0 Å². The van der Waals surface area contributed by atoms with E-state index in [1.807, 2.05) is 12.1 Å². The second-order valence-electron chi connectivity index (χ2n) is 8.64. The molecule has 0 saturated carbocycles. The number of amides is 1. The standard InChI is InChI=1S/C27H32N2O7/c1-33-20-8-5-18(6-9-20)24-23(25(30)19-7-10-21(34-2)22(17-19)35-3)26(31)27(32)29(24)12-4-11-28-13-15-36-16-14-28/h5-10,17,24,30H,4,11-16H2,1-3H3/b25-23+/t24-/m0/s1. The number of aliphatic hydroxyl groups is 1. The van der Waals surface area contributed by atoms with Crippen molar-refractivity contribution in [3.8, 4) is 17.2 Å². The van der Waals surface area contributed by atoms with Gasteiger partial charge in [0.2, 0.25) is 0 Å². The summed E-state index contributed by atoms with van der Waals surface area (Å²) < 4.78 is 21.3. The van der Waals surface area contributed by atoms with Crippen LogP contribution in [0.1, 0.15) is 23.6 Å². The first kappa shape index (κ1) is 25.5. The summed E-state index contributed by atoms with van der Waals surface area (Å²) in [6.45, 7) is 4.25. The molecule has 0 aromatic heterocycles. The zero-order chi connectivity index (χ0) is 25.7. The molecule has 9 heteroatoms. The van der Waals surface area contributed by atoms with E-state index in [1.54, 1.807) is 42.3 Å². The molecule has 1 amide bonds. The number of morpholine rings is 1. The summed E-state index contributed by atoms with van der Waals surface area (Å²) in [5, 5.41) is 11.3. The Bertz CT molecular complexity index is 1120. The van der Waals surface area contributed by atoms with Gasteiger partial charge < -0.3 is 29.0 Å². The van der Waals surface area contributed by atoms with Crippen molar-refractivity contribution >= 4 is 17.4 Å². The van der Waals surface area contributed by atoms with Crippen molar-refractivity contribution in [2.45, 2.75) is 12.5 Å². The third-order valence-electron chi connectivity index (χ3n) is 6.61. The summed E-state index contributed by atoms with van der Waals surface area (Å²) in [4.78, 5) is 30.3. The van der Waals surface area contributed by atoms with Crippen molar-refractivity contribution < 1.29 is 33.6 Å². The third kappa shape index (κ3) is 5.17. The molecule has 0 radical (unpaired) electrons. The summed E-state index contributed by atoms with van der Waals surface area (Å²) in [6.07, 6.45) is 0.691. The number of ketones is 1. The van der Waals surface area contributed by atoms with Gasteiger partial charge in [-0.1, -0.05) is 12.1 Å². The summed E-state index contributed by atoms with van der Waals surface area (Å²) >= 11 is 0. The highest BCUT2D eigenvalue weighted by Crippen LogP contribution is 2.41. The van der Waals surface area contributed by atoms with Gasteiger partial charge in [0.05, 0.1) is 46.2 Å². The Balaban J connectivity index is 1.70. The van der Waals surface area contributed by atoms with Gasteiger partial charge in [-0.2, -0.15) is 0 Å². The predicted molar refractivity (Wildman–Crippen MR) is 133 cm³/mol. The Hall–Kier alpha value is -3.56. The van der Waals surface area contributed by atoms with Crippen LogP contribution in [0.2, 0.25) is 0 Å². The van der Waals surface area contributed by atoms with E-state index in [4.69, 9.17) is 18.9 Å². The van der Waals surface area contributed by atoms with E-state index >= 15 is 0 Å². The van der Waals surface area contributed by atoms with Gasteiger partial charge in [0, 0.05) is 31.7 Å². The Kier molecular flexibility index (Phi) is 8.12. The number of carbonyl (C=O) groups is 2. The average molecular weight is 497 g/mol. The summed E-state index contributed by atoms with van der Waals surface area (Å²) in [5.74, 6) is -0.0467. The van der Waals surface area contributed by atoms with E-state index in [0.717, 1.165) is 19.6 Å². The topological polar surface area (TPSA) is 97.8 Å². The number of rotatable bonds is 9. The van der Waals surface area contributed by atoms with Crippen LogP contribution >= 0.6 is 0 Å². The molecule has 2 fully saturated rings. The molecule has 4 rings (SSSR count). The first-order valence-electron chi connectivity index (χ1n) is 11.9. The minimum Gasteiger partial charge on any atom is -0.507 e. The molecule has 0 unspecified atom stereocenters. The molecule has 2 aromatic carbocycles. The molecule has 9 nitrogen and oxygen atoms in total. The molecule has 2 saturated heterocycles. The second kappa shape index (κ2) is 11.5. The molecule has 0 spiro atoms. The number of aliphatic hydroxyl groups excluding tert-OH is 1. The van der Waals surface area contributed by atoms with Crippen LogP contribution in [-0.4, -0.2) is 87.3 Å². The molecule has 2 heterocycles. The van der Waals surface area contributed by atoms with Gasteiger partial charge in [0.15, 0.2) is 11.5 Å². The molecule has 1 N–H and O–H groups in total. The first-order chi connectivity index (χ1) is 17.5. The highest BCUT2D eigenvalue weighted by molar-refractivity contribution is 6.46. The monoisotopic (exact) mass is 496 g/mol. The van der Waals surface area contributed by atoms with Crippen molar-refractivity contribution in [3.63, 3.8) is 0 Å². The molecule has 36 heavy (non-hydrogen) atoms. The van der Waals surface area contributed by atoms with Crippen LogP contribution in [0.25, 0.3) is 5.76 Å². The molecule has 1 atom stereocenters. The smallest absolute Gasteiger partial charge is 0.295 e. The normalized spacial score (nSPS) is 20.0. The van der Waals surface area contributed by atoms with Crippen LogP contribution in [0.5, 0.6) is 17.2 Å². The number of methoxy groups -OCH3 is 3. The fraction of sp³-hybridized carbons (Fsp3) is 0.407. The van der Waals surface area contributed by atoms with Gasteiger partial charge in [-0.3, -0.25) is 14.5 Å². The minimum absolute atomic E-state index is 0.0451. The maximum absolute atomic E-state index is 13.3. The minimum atomic E-state index is -0.728. The number of ether oxygens (including phenoxy) is 4.